The molecule has 2 rings (SSSR count). The Morgan fingerprint density at radius 2 is 2.17 bits per heavy atom. The molecule has 0 bridgehead atoms. The predicted molar refractivity (Wildman–Crippen MR) is 62.7 cm³/mol. The number of ketones is 1. The lowest BCUT2D eigenvalue weighted by Gasteiger charge is -2.10. The van der Waals surface area contributed by atoms with E-state index in [4.69, 9.17) is 0 Å². The van der Waals surface area contributed by atoms with Gasteiger partial charge in [0, 0.05) is 24.8 Å². The Balaban J connectivity index is 2.06. The lowest BCUT2D eigenvalue weighted by atomic mass is 9.96. The van der Waals surface area contributed by atoms with Crippen molar-refractivity contribution in [2.45, 2.75) is 45.5 Å². The van der Waals surface area contributed by atoms with Crippen molar-refractivity contribution in [1.82, 2.24) is 10.2 Å². The first-order valence-electron chi connectivity index (χ1n) is 6.09. The summed E-state index contributed by atoms with van der Waals surface area (Å²) in [5, 5.41) is 7.74. The summed E-state index contributed by atoms with van der Waals surface area (Å²) in [4.78, 5) is 12.1. The third-order valence-electron chi connectivity index (χ3n) is 3.38. The van der Waals surface area contributed by atoms with E-state index in [1.807, 2.05) is 0 Å². The molecule has 0 radical (unpaired) electrons. The van der Waals surface area contributed by atoms with Gasteiger partial charge in [0.05, 0.1) is 11.4 Å². The molecule has 1 atom stereocenters. The second-order valence-electron chi connectivity index (χ2n) is 5.08. The molecular formula is C13H16F2N2O. The SMILES string of the molecule is Cc1cc(C(=O)CC2CCC(F)(F)C2)c(C)nn1. The molecule has 1 saturated carbocycles. The van der Waals surface area contributed by atoms with Crippen LogP contribution in [0.1, 0.15) is 47.4 Å². The maximum atomic E-state index is 13.1. The van der Waals surface area contributed by atoms with E-state index in [9.17, 15) is 13.6 Å². The van der Waals surface area contributed by atoms with Gasteiger partial charge in [-0.1, -0.05) is 0 Å². The van der Waals surface area contributed by atoms with Crippen molar-refractivity contribution in [1.29, 1.82) is 0 Å². The molecule has 1 heterocycles. The summed E-state index contributed by atoms with van der Waals surface area (Å²) in [5.74, 6) is -2.90. The van der Waals surface area contributed by atoms with Crippen LogP contribution in [0.25, 0.3) is 0 Å². The van der Waals surface area contributed by atoms with Crippen molar-refractivity contribution in [2.75, 3.05) is 0 Å². The third-order valence-corrected chi connectivity index (χ3v) is 3.38. The zero-order valence-electron chi connectivity index (χ0n) is 10.5. The number of alkyl halides is 2. The number of halogens is 2. The van der Waals surface area contributed by atoms with E-state index in [1.165, 1.54) is 0 Å². The van der Waals surface area contributed by atoms with E-state index in [0.717, 1.165) is 0 Å². The molecule has 5 heteroatoms. The summed E-state index contributed by atoms with van der Waals surface area (Å²) in [6, 6.07) is 1.68. The van der Waals surface area contributed by atoms with E-state index in [2.05, 4.69) is 10.2 Å². The highest BCUT2D eigenvalue weighted by Crippen LogP contribution is 2.40. The van der Waals surface area contributed by atoms with Gasteiger partial charge in [-0.05, 0) is 32.3 Å². The second-order valence-corrected chi connectivity index (χ2v) is 5.08. The van der Waals surface area contributed by atoms with Crippen molar-refractivity contribution in [3.63, 3.8) is 0 Å². The molecule has 0 aliphatic heterocycles. The van der Waals surface area contributed by atoms with Crippen LogP contribution in [0.2, 0.25) is 0 Å². The summed E-state index contributed by atoms with van der Waals surface area (Å²) < 4.78 is 26.1. The third kappa shape index (κ3) is 2.89. The smallest absolute Gasteiger partial charge is 0.248 e. The highest BCUT2D eigenvalue weighted by atomic mass is 19.3. The molecule has 1 fully saturated rings. The molecule has 1 aromatic rings. The largest absolute Gasteiger partial charge is 0.294 e. The monoisotopic (exact) mass is 254 g/mol. The maximum absolute atomic E-state index is 13.1. The fourth-order valence-electron chi connectivity index (χ4n) is 2.42. The van der Waals surface area contributed by atoms with Crippen LogP contribution in [-0.4, -0.2) is 21.9 Å². The normalized spacial score (nSPS) is 22.1. The molecule has 98 valence electrons. The Morgan fingerprint density at radius 1 is 1.44 bits per heavy atom. The average molecular weight is 254 g/mol. The van der Waals surface area contributed by atoms with Crippen molar-refractivity contribution in [3.8, 4) is 0 Å². The number of hydrogen-bond acceptors (Lipinski definition) is 3. The molecule has 0 amide bonds. The van der Waals surface area contributed by atoms with Crippen LogP contribution in [0.5, 0.6) is 0 Å². The minimum Gasteiger partial charge on any atom is -0.294 e. The van der Waals surface area contributed by atoms with Gasteiger partial charge in [0.15, 0.2) is 5.78 Å². The Bertz CT molecular complexity index is 474. The van der Waals surface area contributed by atoms with Crippen LogP contribution in [0.3, 0.4) is 0 Å². The summed E-state index contributed by atoms with van der Waals surface area (Å²) in [6.07, 6.45) is 0.337. The molecule has 18 heavy (non-hydrogen) atoms. The number of carbonyl (C=O) groups is 1. The highest BCUT2D eigenvalue weighted by Gasteiger charge is 2.40. The van der Waals surface area contributed by atoms with Crippen LogP contribution in [0.4, 0.5) is 8.78 Å². The number of nitrogens with zero attached hydrogens (tertiary/aromatic N) is 2. The van der Waals surface area contributed by atoms with E-state index < -0.39 is 5.92 Å². The number of Topliss-reactive ketones (excluding diaryl/α,β-unsaturated/α-hetero) is 1. The quantitative estimate of drug-likeness (QED) is 0.778. The molecule has 1 aliphatic rings. The lowest BCUT2D eigenvalue weighted by molar-refractivity contribution is 0.00497. The standard InChI is InChI=1S/C13H16F2N2O/c1-8-5-11(9(2)17-16-8)12(18)6-10-3-4-13(14,15)7-10/h5,10H,3-4,6-7H2,1-2H3. The van der Waals surface area contributed by atoms with Crippen molar-refractivity contribution >= 4 is 5.78 Å². The predicted octanol–water partition coefficient (Wildman–Crippen LogP) is 3.10. The van der Waals surface area contributed by atoms with Crippen LogP contribution < -0.4 is 0 Å². The van der Waals surface area contributed by atoms with E-state index in [1.54, 1.807) is 19.9 Å². The van der Waals surface area contributed by atoms with E-state index in [-0.39, 0.29) is 31.0 Å². The minimum absolute atomic E-state index is 0.0997. The highest BCUT2D eigenvalue weighted by molar-refractivity contribution is 5.97. The van der Waals surface area contributed by atoms with Gasteiger partial charge in [-0.2, -0.15) is 10.2 Å². The Morgan fingerprint density at radius 3 is 2.78 bits per heavy atom. The first-order chi connectivity index (χ1) is 8.37. The summed E-state index contributed by atoms with van der Waals surface area (Å²) in [6.45, 7) is 3.47. The van der Waals surface area contributed by atoms with Crippen LogP contribution in [0.15, 0.2) is 6.07 Å². The van der Waals surface area contributed by atoms with Gasteiger partial charge in [0.25, 0.3) is 0 Å². The van der Waals surface area contributed by atoms with Gasteiger partial charge in [0.2, 0.25) is 5.92 Å². The molecule has 1 aromatic heterocycles. The maximum Gasteiger partial charge on any atom is 0.248 e. The Hall–Kier alpha value is -1.39. The first kappa shape index (κ1) is 13.1. The molecule has 0 spiro atoms. The summed E-state index contributed by atoms with van der Waals surface area (Å²) in [7, 11) is 0. The molecule has 0 aromatic carbocycles. The van der Waals surface area contributed by atoms with Crippen LogP contribution in [0, 0.1) is 19.8 Å². The van der Waals surface area contributed by atoms with Crippen molar-refractivity contribution < 1.29 is 13.6 Å². The summed E-state index contributed by atoms with van der Waals surface area (Å²) in [5.41, 5.74) is 1.74. The molecule has 0 saturated heterocycles. The second kappa shape index (κ2) is 4.71. The first-order valence-corrected chi connectivity index (χ1v) is 6.09. The van der Waals surface area contributed by atoms with Gasteiger partial charge in [-0.15, -0.1) is 0 Å². The van der Waals surface area contributed by atoms with Gasteiger partial charge in [-0.3, -0.25) is 4.79 Å². The molecule has 3 nitrogen and oxygen atoms in total. The number of carbonyl (C=O) groups excluding carboxylic acids is 1. The number of aromatic nitrogens is 2. The average Bonchev–Trinajstić information content (AvgIpc) is 2.61. The summed E-state index contributed by atoms with van der Waals surface area (Å²) >= 11 is 0. The zero-order chi connectivity index (χ0) is 13.3. The van der Waals surface area contributed by atoms with Gasteiger partial charge in [0.1, 0.15) is 0 Å². The fraction of sp³-hybridized carbons (Fsp3) is 0.615. The molecule has 1 unspecified atom stereocenters. The molecule has 1 aliphatic carbocycles. The van der Waals surface area contributed by atoms with E-state index in [0.29, 0.717) is 23.4 Å². The van der Waals surface area contributed by atoms with Gasteiger partial charge < -0.3 is 0 Å². The van der Waals surface area contributed by atoms with Gasteiger partial charge >= 0.3 is 0 Å². The van der Waals surface area contributed by atoms with Crippen molar-refractivity contribution in [2.24, 2.45) is 5.92 Å². The minimum atomic E-state index is -2.59. The Kier molecular flexibility index (Phi) is 3.41. The Labute approximate surface area is 105 Å². The lowest BCUT2D eigenvalue weighted by Crippen LogP contribution is -2.13. The molecular weight excluding hydrogens is 238 g/mol. The number of hydrogen-bond donors (Lipinski definition) is 0. The number of rotatable bonds is 3. The van der Waals surface area contributed by atoms with Crippen molar-refractivity contribution in [3.05, 3.63) is 23.0 Å². The van der Waals surface area contributed by atoms with Crippen LogP contribution >= 0.6 is 0 Å². The topological polar surface area (TPSA) is 42.9 Å². The fourth-order valence-corrected chi connectivity index (χ4v) is 2.42. The van der Waals surface area contributed by atoms with E-state index >= 15 is 0 Å². The number of aryl methyl sites for hydroxylation is 2. The molecule has 0 N–H and O–H groups in total. The zero-order valence-corrected chi connectivity index (χ0v) is 10.5. The van der Waals surface area contributed by atoms with Gasteiger partial charge in [-0.25, -0.2) is 8.78 Å². The van der Waals surface area contributed by atoms with Crippen LogP contribution in [-0.2, 0) is 0 Å².